The molecule has 1 aromatic heterocycles. The summed E-state index contributed by atoms with van der Waals surface area (Å²) in [5.41, 5.74) is 0.776. The third kappa shape index (κ3) is 2.62. The van der Waals surface area contributed by atoms with E-state index in [0.717, 1.165) is 5.69 Å². The van der Waals surface area contributed by atoms with E-state index in [2.05, 4.69) is 26.3 Å². The minimum Gasteiger partial charge on any atom is -0.338 e. The number of aromatic nitrogens is 2. The summed E-state index contributed by atoms with van der Waals surface area (Å²) in [6, 6.07) is 6.34. The average molecular weight is 297 g/mol. The highest BCUT2D eigenvalue weighted by Crippen LogP contribution is 2.28. The van der Waals surface area contributed by atoms with E-state index in [1.807, 2.05) is 19.3 Å². The molecule has 0 bridgehead atoms. The van der Waals surface area contributed by atoms with Crippen molar-refractivity contribution >= 4 is 33.1 Å². The van der Waals surface area contributed by atoms with E-state index in [9.17, 15) is 10.1 Å². The molecule has 0 aliphatic carbocycles. The lowest BCUT2D eigenvalue weighted by Gasteiger charge is -2.05. The standard InChI is InChI=1S/C10H9BrN4O2/c1-14-5-4-10(13-14)12-9-3-2-7(15(16)17)6-8(9)11/h2-6H,1H3,(H,12,13). The second kappa shape index (κ2) is 4.54. The van der Waals surface area contributed by atoms with Crippen LogP contribution in [0.3, 0.4) is 0 Å². The van der Waals surface area contributed by atoms with Gasteiger partial charge in [0.05, 0.1) is 10.6 Å². The van der Waals surface area contributed by atoms with Crippen molar-refractivity contribution in [3.8, 4) is 0 Å². The van der Waals surface area contributed by atoms with E-state index in [-0.39, 0.29) is 5.69 Å². The predicted molar refractivity (Wildman–Crippen MR) is 67.3 cm³/mol. The fraction of sp³-hybridized carbons (Fsp3) is 0.100. The topological polar surface area (TPSA) is 73.0 Å². The summed E-state index contributed by atoms with van der Waals surface area (Å²) in [6.45, 7) is 0. The van der Waals surface area contributed by atoms with Gasteiger partial charge < -0.3 is 5.32 Å². The maximum Gasteiger partial charge on any atom is 0.270 e. The van der Waals surface area contributed by atoms with Gasteiger partial charge in [0.15, 0.2) is 5.82 Å². The fourth-order valence-electron chi connectivity index (χ4n) is 1.34. The first-order valence-electron chi connectivity index (χ1n) is 4.77. The van der Waals surface area contributed by atoms with Gasteiger partial charge in [-0.1, -0.05) is 0 Å². The number of nitrogens with zero attached hydrogens (tertiary/aromatic N) is 3. The number of anilines is 2. The first-order valence-corrected chi connectivity index (χ1v) is 5.56. The lowest BCUT2D eigenvalue weighted by Crippen LogP contribution is -1.95. The summed E-state index contributed by atoms with van der Waals surface area (Å²) in [5.74, 6) is 0.682. The molecule has 0 amide bonds. The van der Waals surface area contributed by atoms with Crippen molar-refractivity contribution in [1.29, 1.82) is 0 Å². The molecule has 6 nitrogen and oxygen atoms in total. The summed E-state index contributed by atoms with van der Waals surface area (Å²) < 4.78 is 2.29. The number of nitro groups is 1. The molecule has 7 heteroatoms. The monoisotopic (exact) mass is 296 g/mol. The summed E-state index contributed by atoms with van der Waals surface area (Å²) >= 11 is 3.28. The Morgan fingerprint density at radius 2 is 2.24 bits per heavy atom. The van der Waals surface area contributed by atoms with Crippen LogP contribution in [0.2, 0.25) is 0 Å². The second-order valence-electron chi connectivity index (χ2n) is 3.42. The van der Waals surface area contributed by atoms with E-state index >= 15 is 0 Å². The number of nitrogens with one attached hydrogen (secondary N) is 1. The van der Waals surface area contributed by atoms with Gasteiger partial charge in [-0.2, -0.15) is 5.10 Å². The molecule has 1 heterocycles. The number of nitro benzene ring substituents is 1. The van der Waals surface area contributed by atoms with Crippen molar-refractivity contribution in [3.63, 3.8) is 0 Å². The third-order valence-corrected chi connectivity index (χ3v) is 2.80. The molecule has 88 valence electrons. The number of aryl methyl sites for hydroxylation is 1. The van der Waals surface area contributed by atoms with E-state index in [4.69, 9.17) is 0 Å². The zero-order valence-corrected chi connectivity index (χ0v) is 10.5. The van der Waals surface area contributed by atoms with Gasteiger partial charge in [-0.25, -0.2) is 0 Å². The molecule has 1 aromatic carbocycles. The number of hydrogen-bond acceptors (Lipinski definition) is 4. The third-order valence-electron chi connectivity index (χ3n) is 2.14. The molecule has 0 saturated carbocycles. The average Bonchev–Trinajstić information content (AvgIpc) is 2.67. The van der Waals surface area contributed by atoms with E-state index in [1.54, 1.807) is 10.7 Å². The first-order chi connectivity index (χ1) is 8.06. The maximum absolute atomic E-state index is 10.6. The number of hydrogen-bond donors (Lipinski definition) is 1. The molecule has 1 N–H and O–H groups in total. The van der Waals surface area contributed by atoms with Crippen molar-refractivity contribution in [1.82, 2.24) is 9.78 Å². The highest BCUT2D eigenvalue weighted by atomic mass is 79.9. The number of benzene rings is 1. The first kappa shape index (κ1) is 11.6. The Hall–Kier alpha value is -1.89. The van der Waals surface area contributed by atoms with E-state index in [1.165, 1.54) is 12.1 Å². The van der Waals surface area contributed by atoms with Crippen LogP contribution in [-0.2, 0) is 7.05 Å². The van der Waals surface area contributed by atoms with Crippen molar-refractivity contribution in [2.24, 2.45) is 7.05 Å². The molecule has 0 spiro atoms. The van der Waals surface area contributed by atoms with Crippen LogP contribution in [0.4, 0.5) is 17.2 Å². The molecule has 2 aromatic rings. The Kier molecular flexibility index (Phi) is 3.10. The predicted octanol–water partition coefficient (Wildman–Crippen LogP) is 2.83. The highest BCUT2D eigenvalue weighted by Gasteiger charge is 2.09. The maximum atomic E-state index is 10.6. The number of non-ortho nitro benzene ring substituents is 1. The highest BCUT2D eigenvalue weighted by molar-refractivity contribution is 9.10. The molecule has 0 unspecified atom stereocenters. The molecule has 0 aliphatic rings. The smallest absolute Gasteiger partial charge is 0.270 e. The lowest BCUT2D eigenvalue weighted by atomic mass is 10.3. The van der Waals surface area contributed by atoms with Crippen molar-refractivity contribution in [3.05, 3.63) is 45.0 Å². The molecule has 17 heavy (non-hydrogen) atoms. The Morgan fingerprint density at radius 1 is 1.47 bits per heavy atom. The van der Waals surface area contributed by atoms with Gasteiger partial charge in [-0.15, -0.1) is 0 Å². The van der Waals surface area contributed by atoms with Crippen LogP contribution in [0.15, 0.2) is 34.9 Å². The zero-order chi connectivity index (χ0) is 12.4. The summed E-state index contributed by atoms with van der Waals surface area (Å²) in [4.78, 5) is 10.1. The Balaban J connectivity index is 2.25. The van der Waals surface area contributed by atoms with Gasteiger partial charge in [0, 0.05) is 35.9 Å². The van der Waals surface area contributed by atoms with Gasteiger partial charge in [0.1, 0.15) is 0 Å². The summed E-state index contributed by atoms with van der Waals surface area (Å²) in [7, 11) is 1.82. The van der Waals surface area contributed by atoms with Crippen LogP contribution in [-0.4, -0.2) is 14.7 Å². The Labute approximate surface area is 106 Å². The minimum atomic E-state index is -0.435. The lowest BCUT2D eigenvalue weighted by molar-refractivity contribution is -0.384. The van der Waals surface area contributed by atoms with Gasteiger partial charge in [0.25, 0.3) is 5.69 Å². The molecule has 0 fully saturated rings. The molecular weight excluding hydrogens is 288 g/mol. The Morgan fingerprint density at radius 3 is 2.76 bits per heavy atom. The molecular formula is C10H9BrN4O2. The SMILES string of the molecule is Cn1ccc(Nc2ccc([N+](=O)[O-])cc2Br)n1. The molecule has 0 saturated heterocycles. The zero-order valence-electron chi connectivity index (χ0n) is 8.92. The quantitative estimate of drug-likeness (QED) is 0.698. The van der Waals surface area contributed by atoms with Crippen LogP contribution < -0.4 is 5.32 Å². The van der Waals surface area contributed by atoms with E-state index in [0.29, 0.717) is 10.3 Å². The molecule has 0 radical (unpaired) electrons. The van der Waals surface area contributed by atoms with Crippen molar-refractivity contribution in [2.75, 3.05) is 5.32 Å². The van der Waals surface area contributed by atoms with E-state index < -0.39 is 4.92 Å². The van der Waals surface area contributed by atoms with Crippen LogP contribution in [0.1, 0.15) is 0 Å². The minimum absolute atomic E-state index is 0.0449. The van der Waals surface area contributed by atoms with Crippen LogP contribution in [0.25, 0.3) is 0 Å². The van der Waals surface area contributed by atoms with Gasteiger partial charge in [0.2, 0.25) is 0 Å². The number of rotatable bonds is 3. The number of halogens is 1. The molecule has 2 rings (SSSR count). The van der Waals surface area contributed by atoms with Crippen LogP contribution >= 0.6 is 15.9 Å². The molecule has 0 aliphatic heterocycles. The fourth-order valence-corrected chi connectivity index (χ4v) is 1.80. The Bertz CT molecular complexity index is 567. The second-order valence-corrected chi connectivity index (χ2v) is 4.28. The van der Waals surface area contributed by atoms with Gasteiger partial charge in [-0.05, 0) is 22.0 Å². The van der Waals surface area contributed by atoms with Gasteiger partial charge in [-0.3, -0.25) is 14.8 Å². The van der Waals surface area contributed by atoms with Crippen LogP contribution in [0.5, 0.6) is 0 Å². The van der Waals surface area contributed by atoms with Crippen LogP contribution in [0, 0.1) is 10.1 Å². The normalized spacial score (nSPS) is 10.2. The van der Waals surface area contributed by atoms with Crippen molar-refractivity contribution in [2.45, 2.75) is 0 Å². The summed E-state index contributed by atoms with van der Waals surface area (Å²) in [6.07, 6.45) is 1.81. The largest absolute Gasteiger partial charge is 0.338 e. The molecule has 0 atom stereocenters. The van der Waals surface area contributed by atoms with Crippen molar-refractivity contribution < 1.29 is 4.92 Å². The summed E-state index contributed by atoms with van der Waals surface area (Å²) in [5, 5.41) is 17.8. The van der Waals surface area contributed by atoms with Gasteiger partial charge >= 0.3 is 0 Å².